The van der Waals surface area contributed by atoms with Gasteiger partial charge in [-0.2, -0.15) is 0 Å². The van der Waals surface area contributed by atoms with Crippen LogP contribution >= 0.6 is 11.3 Å². The topological polar surface area (TPSA) is 41.6 Å². The van der Waals surface area contributed by atoms with Crippen LogP contribution in [0.3, 0.4) is 0 Å². The normalized spacial score (nSPS) is 16.5. The van der Waals surface area contributed by atoms with Crippen molar-refractivity contribution in [3.63, 3.8) is 0 Å². The molecule has 5 heteroatoms. The molecular weight excluding hydrogens is 344 g/mol. The summed E-state index contributed by atoms with van der Waals surface area (Å²) in [6, 6.07) is 18.3. The first-order chi connectivity index (χ1) is 12.8. The Morgan fingerprint density at radius 2 is 1.88 bits per heavy atom. The van der Waals surface area contributed by atoms with Crippen LogP contribution in [0.25, 0.3) is 10.8 Å². The first kappa shape index (κ1) is 17.2. The first-order valence-electron chi connectivity index (χ1n) is 8.94. The number of morpholine rings is 1. The smallest absolute Gasteiger partial charge is 0.251 e. The number of nitrogens with one attached hydrogen (secondary N) is 1. The average Bonchev–Trinajstić information content (AvgIpc) is 3.23. The van der Waals surface area contributed by atoms with Crippen LogP contribution in [-0.4, -0.2) is 43.7 Å². The second-order valence-electron chi connectivity index (χ2n) is 6.42. The van der Waals surface area contributed by atoms with Gasteiger partial charge in [0.1, 0.15) is 0 Å². The minimum Gasteiger partial charge on any atom is -0.379 e. The Labute approximate surface area is 157 Å². The van der Waals surface area contributed by atoms with E-state index in [1.165, 1.54) is 4.88 Å². The predicted octanol–water partition coefficient (Wildman–Crippen LogP) is 3.70. The molecule has 0 saturated carbocycles. The number of benzene rings is 2. The van der Waals surface area contributed by atoms with Crippen molar-refractivity contribution in [2.24, 2.45) is 0 Å². The molecule has 3 aromatic rings. The number of carbonyl (C=O) groups is 1. The molecule has 4 rings (SSSR count). The molecule has 1 aromatic heterocycles. The van der Waals surface area contributed by atoms with Crippen LogP contribution < -0.4 is 5.32 Å². The van der Waals surface area contributed by atoms with Gasteiger partial charge in [-0.15, -0.1) is 11.3 Å². The highest BCUT2D eigenvalue weighted by Gasteiger charge is 2.24. The van der Waals surface area contributed by atoms with E-state index >= 15 is 0 Å². The maximum atomic E-state index is 12.9. The van der Waals surface area contributed by atoms with Gasteiger partial charge in [0, 0.05) is 30.1 Å². The fraction of sp³-hybridized carbons (Fsp3) is 0.286. The van der Waals surface area contributed by atoms with Gasteiger partial charge in [0.15, 0.2) is 0 Å². The molecule has 0 radical (unpaired) electrons. The third kappa shape index (κ3) is 3.65. The summed E-state index contributed by atoms with van der Waals surface area (Å²) in [5, 5.41) is 7.33. The summed E-state index contributed by atoms with van der Waals surface area (Å²) in [6.45, 7) is 3.89. The molecule has 1 saturated heterocycles. The number of rotatable bonds is 5. The van der Waals surface area contributed by atoms with Gasteiger partial charge in [-0.1, -0.05) is 42.5 Å². The largest absolute Gasteiger partial charge is 0.379 e. The number of fused-ring (bicyclic) bond motifs is 1. The molecule has 2 heterocycles. The van der Waals surface area contributed by atoms with Gasteiger partial charge in [0.2, 0.25) is 0 Å². The molecule has 1 aliphatic heterocycles. The number of ether oxygens (including phenoxy) is 1. The van der Waals surface area contributed by atoms with Crippen molar-refractivity contribution in [3.8, 4) is 0 Å². The standard InChI is InChI=1S/C21H22N2O2S/c24-21(18-8-3-6-16-5-1-2-7-17(16)18)22-15-19(20-9-4-14-26-20)23-10-12-25-13-11-23/h1-9,14,19H,10-13,15H2,(H,22,24)/t19-/m1/s1. The second kappa shape index (κ2) is 7.99. The summed E-state index contributed by atoms with van der Waals surface area (Å²) in [7, 11) is 0. The highest BCUT2D eigenvalue weighted by molar-refractivity contribution is 7.10. The van der Waals surface area contributed by atoms with Gasteiger partial charge in [-0.05, 0) is 28.3 Å². The van der Waals surface area contributed by atoms with Crippen LogP contribution in [0.15, 0.2) is 60.0 Å². The average molecular weight is 366 g/mol. The number of thiophene rings is 1. The lowest BCUT2D eigenvalue weighted by Crippen LogP contribution is -2.43. The van der Waals surface area contributed by atoms with Gasteiger partial charge in [-0.25, -0.2) is 0 Å². The zero-order chi connectivity index (χ0) is 17.8. The molecule has 1 fully saturated rings. The molecular formula is C21H22N2O2S. The van der Waals surface area contributed by atoms with Crippen molar-refractivity contribution < 1.29 is 9.53 Å². The zero-order valence-electron chi connectivity index (χ0n) is 14.6. The summed E-state index contributed by atoms with van der Waals surface area (Å²) >= 11 is 1.74. The van der Waals surface area contributed by atoms with E-state index < -0.39 is 0 Å². The maximum Gasteiger partial charge on any atom is 0.251 e. The van der Waals surface area contributed by atoms with E-state index in [0.717, 1.165) is 42.6 Å². The molecule has 4 nitrogen and oxygen atoms in total. The maximum absolute atomic E-state index is 12.9. The Bertz CT molecular complexity index is 867. The fourth-order valence-corrected chi connectivity index (χ4v) is 4.35. The third-order valence-electron chi connectivity index (χ3n) is 4.85. The monoisotopic (exact) mass is 366 g/mol. The second-order valence-corrected chi connectivity index (χ2v) is 7.40. The summed E-state index contributed by atoms with van der Waals surface area (Å²) in [6.07, 6.45) is 0. The Morgan fingerprint density at radius 3 is 2.69 bits per heavy atom. The van der Waals surface area contributed by atoms with Gasteiger partial charge < -0.3 is 10.1 Å². The van der Waals surface area contributed by atoms with Crippen LogP contribution in [0.5, 0.6) is 0 Å². The predicted molar refractivity (Wildman–Crippen MR) is 106 cm³/mol. The molecule has 134 valence electrons. The van der Waals surface area contributed by atoms with E-state index in [0.29, 0.717) is 6.54 Å². The minimum atomic E-state index is -0.0170. The molecule has 1 amide bonds. The van der Waals surface area contributed by atoms with Gasteiger partial charge in [0.25, 0.3) is 5.91 Å². The van der Waals surface area contributed by atoms with Crippen molar-refractivity contribution in [3.05, 3.63) is 70.4 Å². The van der Waals surface area contributed by atoms with E-state index in [2.05, 4.69) is 27.7 Å². The van der Waals surface area contributed by atoms with E-state index in [9.17, 15) is 4.79 Å². The van der Waals surface area contributed by atoms with E-state index in [1.54, 1.807) is 11.3 Å². The first-order valence-corrected chi connectivity index (χ1v) is 9.82. The van der Waals surface area contributed by atoms with E-state index in [4.69, 9.17) is 4.74 Å². The van der Waals surface area contributed by atoms with Crippen LogP contribution in [0.2, 0.25) is 0 Å². The Morgan fingerprint density at radius 1 is 1.08 bits per heavy atom. The van der Waals surface area contributed by atoms with Gasteiger partial charge in [-0.3, -0.25) is 9.69 Å². The molecule has 0 unspecified atom stereocenters. The highest BCUT2D eigenvalue weighted by atomic mass is 32.1. The van der Waals surface area contributed by atoms with Gasteiger partial charge >= 0.3 is 0 Å². The Kier molecular flexibility index (Phi) is 5.29. The van der Waals surface area contributed by atoms with Crippen molar-refractivity contribution in [1.82, 2.24) is 10.2 Å². The molecule has 1 N–H and O–H groups in total. The number of hydrogen-bond acceptors (Lipinski definition) is 4. The molecule has 1 aliphatic rings. The number of nitrogens with zero attached hydrogens (tertiary/aromatic N) is 1. The van der Waals surface area contributed by atoms with Gasteiger partial charge in [0.05, 0.1) is 19.3 Å². The Hall–Kier alpha value is -2.21. The minimum absolute atomic E-state index is 0.0170. The Balaban J connectivity index is 1.52. The molecule has 0 spiro atoms. The number of hydrogen-bond donors (Lipinski definition) is 1. The third-order valence-corrected chi connectivity index (χ3v) is 5.82. The highest BCUT2D eigenvalue weighted by Crippen LogP contribution is 2.26. The zero-order valence-corrected chi connectivity index (χ0v) is 15.4. The lowest BCUT2D eigenvalue weighted by Gasteiger charge is -2.34. The summed E-state index contributed by atoms with van der Waals surface area (Å²) < 4.78 is 5.48. The van der Waals surface area contributed by atoms with Crippen molar-refractivity contribution in [1.29, 1.82) is 0 Å². The lowest BCUT2D eigenvalue weighted by molar-refractivity contribution is 0.0169. The van der Waals surface area contributed by atoms with Crippen LogP contribution in [0.4, 0.5) is 0 Å². The number of amides is 1. The van der Waals surface area contributed by atoms with Crippen molar-refractivity contribution >= 4 is 28.0 Å². The summed E-state index contributed by atoms with van der Waals surface area (Å²) in [4.78, 5) is 16.5. The fourth-order valence-electron chi connectivity index (χ4n) is 3.49. The molecule has 1 atom stereocenters. The lowest BCUT2D eigenvalue weighted by atomic mass is 10.0. The van der Waals surface area contributed by atoms with Crippen LogP contribution in [-0.2, 0) is 4.74 Å². The van der Waals surface area contributed by atoms with Crippen molar-refractivity contribution in [2.75, 3.05) is 32.8 Å². The van der Waals surface area contributed by atoms with Crippen LogP contribution in [0, 0.1) is 0 Å². The molecule has 2 aromatic carbocycles. The van der Waals surface area contributed by atoms with E-state index in [1.807, 2.05) is 42.5 Å². The molecule has 26 heavy (non-hydrogen) atoms. The summed E-state index contributed by atoms with van der Waals surface area (Å²) in [5.41, 5.74) is 0.731. The van der Waals surface area contributed by atoms with Crippen molar-refractivity contribution in [2.45, 2.75) is 6.04 Å². The molecule has 0 bridgehead atoms. The quantitative estimate of drug-likeness (QED) is 0.749. The van der Waals surface area contributed by atoms with Crippen LogP contribution in [0.1, 0.15) is 21.3 Å². The molecule has 0 aliphatic carbocycles. The number of carbonyl (C=O) groups excluding carboxylic acids is 1. The van der Waals surface area contributed by atoms with E-state index in [-0.39, 0.29) is 11.9 Å². The SMILES string of the molecule is O=C(NC[C@H](c1cccs1)N1CCOCC1)c1cccc2ccccc12. The summed E-state index contributed by atoms with van der Waals surface area (Å²) in [5.74, 6) is -0.0170.